The maximum Gasteiger partial charge on any atom is 0.136 e. The molecule has 3 heteroatoms. The summed E-state index contributed by atoms with van der Waals surface area (Å²) in [6.45, 7) is 6.12. The summed E-state index contributed by atoms with van der Waals surface area (Å²) in [5.41, 5.74) is 0. The molecule has 3 aliphatic rings. The minimum Gasteiger partial charge on any atom is -0.300 e. The van der Waals surface area contributed by atoms with Crippen molar-refractivity contribution in [2.24, 2.45) is 0 Å². The van der Waals surface area contributed by atoms with Crippen LogP contribution in [0.4, 0.5) is 0 Å². The van der Waals surface area contributed by atoms with Crippen molar-refractivity contribution in [3.8, 4) is 0 Å². The summed E-state index contributed by atoms with van der Waals surface area (Å²) < 4.78 is 0. The normalized spacial score (nSPS) is 35.9. The second-order valence-corrected chi connectivity index (χ2v) is 6.47. The summed E-state index contributed by atoms with van der Waals surface area (Å²) >= 11 is 0. The van der Waals surface area contributed by atoms with Crippen LogP contribution in [-0.4, -0.2) is 53.3 Å². The molecule has 3 unspecified atom stereocenters. The first-order valence-corrected chi connectivity index (χ1v) is 7.75. The van der Waals surface area contributed by atoms with Gasteiger partial charge in [0.1, 0.15) is 5.78 Å². The van der Waals surface area contributed by atoms with E-state index >= 15 is 0 Å². The second-order valence-electron chi connectivity index (χ2n) is 6.47. The molecular formula is C15H26N2O. The summed E-state index contributed by atoms with van der Waals surface area (Å²) in [4.78, 5) is 16.9. The molecule has 0 aromatic carbocycles. The predicted octanol–water partition coefficient (Wildman–Crippen LogP) is 2.06. The zero-order valence-corrected chi connectivity index (χ0v) is 11.6. The first kappa shape index (κ1) is 12.6. The van der Waals surface area contributed by atoms with Crippen molar-refractivity contribution in [1.29, 1.82) is 0 Å². The van der Waals surface area contributed by atoms with Gasteiger partial charge in [0.2, 0.25) is 0 Å². The molecule has 3 rings (SSSR count). The lowest BCUT2D eigenvalue weighted by atomic mass is 10.00. The number of Topliss-reactive ketones (excluding diaryl/α,β-unsaturated/α-hetero) is 1. The number of nitrogens with zero attached hydrogens (tertiary/aromatic N) is 2. The van der Waals surface area contributed by atoms with Crippen molar-refractivity contribution in [3.63, 3.8) is 0 Å². The average molecular weight is 250 g/mol. The SMILES string of the molecule is CC(CN1C2CCC1CC(=O)C2)N1CCCCC1. The lowest BCUT2D eigenvalue weighted by molar-refractivity contribution is -0.123. The van der Waals surface area contributed by atoms with Gasteiger partial charge in [0.25, 0.3) is 0 Å². The summed E-state index contributed by atoms with van der Waals surface area (Å²) in [5.74, 6) is 0.504. The largest absolute Gasteiger partial charge is 0.300 e. The van der Waals surface area contributed by atoms with Gasteiger partial charge in [-0.2, -0.15) is 0 Å². The van der Waals surface area contributed by atoms with Crippen molar-refractivity contribution in [2.45, 2.75) is 70.0 Å². The highest BCUT2D eigenvalue weighted by Gasteiger charge is 2.40. The fraction of sp³-hybridized carbons (Fsp3) is 0.933. The Kier molecular flexibility index (Phi) is 3.71. The fourth-order valence-electron chi connectivity index (χ4n) is 4.14. The van der Waals surface area contributed by atoms with Crippen LogP contribution < -0.4 is 0 Å². The van der Waals surface area contributed by atoms with E-state index < -0.39 is 0 Å². The number of likely N-dealkylation sites (tertiary alicyclic amines) is 1. The predicted molar refractivity (Wildman–Crippen MR) is 72.6 cm³/mol. The van der Waals surface area contributed by atoms with E-state index in [-0.39, 0.29) is 0 Å². The lowest BCUT2D eigenvalue weighted by Crippen LogP contribution is -2.50. The molecule has 18 heavy (non-hydrogen) atoms. The first-order chi connectivity index (χ1) is 8.74. The van der Waals surface area contributed by atoms with E-state index in [9.17, 15) is 4.79 Å². The van der Waals surface area contributed by atoms with Crippen molar-refractivity contribution >= 4 is 5.78 Å². The molecule has 102 valence electrons. The Balaban J connectivity index is 1.57. The summed E-state index contributed by atoms with van der Waals surface area (Å²) in [6.07, 6.45) is 8.30. The van der Waals surface area contributed by atoms with E-state index in [1.807, 2.05) is 0 Å². The molecule has 0 amide bonds. The first-order valence-electron chi connectivity index (χ1n) is 7.75. The van der Waals surface area contributed by atoms with E-state index in [2.05, 4.69) is 16.7 Å². The lowest BCUT2D eigenvalue weighted by Gasteiger charge is -2.40. The Labute approximate surface area is 111 Å². The molecule has 3 saturated heterocycles. The van der Waals surface area contributed by atoms with Gasteiger partial charge in [-0.25, -0.2) is 0 Å². The smallest absolute Gasteiger partial charge is 0.136 e. The second kappa shape index (κ2) is 5.30. The van der Waals surface area contributed by atoms with Crippen LogP contribution in [0.5, 0.6) is 0 Å². The summed E-state index contributed by atoms with van der Waals surface area (Å²) in [6, 6.07) is 1.81. The molecular weight excluding hydrogens is 224 g/mol. The molecule has 3 fully saturated rings. The van der Waals surface area contributed by atoms with Crippen LogP contribution in [0.1, 0.15) is 51.9 Å². The van der Waals surface area contributed by atoms with Crippen molar-refractivity contribution in [2.75, 3.05) is 19.6 Å². The number of fused-ring (bicyclic) bond motifs is 2. The van der Waals surface area contributed by atoms with Crippen molar-refractivity contribution in [1.82, 2.24) is 9.80 Å². The number of hydrogen-bond donors (Lipinski definition) is 0. The number of ketones is 1. The van der Waals surface area contributed by atoms with Gasteiger partial charge in [0.15, 0.2) is 0 Å². The van der Waals surface area contributed by atoms with Crippen LogP contribution in [0.2, 0.25) is 0 Å². The summed E-state index contributed by atoms with van der Waals surface area (Å²) in [7, 11) is 0. The molecule has 0 radical (unpaired) electrons. The van der Waals surface area contributed by atoms with E-state index in [1.165, 1.54) is 51.7 Å². The Morgan fingerprint density at radius 2 is 1.72 bits per heavy atom. The third-order valence-electron chi connectivity index (χ3n) is 5.19. The van der Waals surface area contributed by atoms with E-state index in [0.29, 0.717) is 23.9 Å². The van der Waals surface area contributed by atoms with Gasteiger partial charge in [-0.1, -0.05) is 6.42 Å². The fourth-order valence-corrected chi connectivity index (χ4v) is 4.14. The Bertz CT molecular complexity index is 296. The Morgan fingerprint density at radius 3 is 2.33 bits per heavy atom. The van der Waals surface area contributed by atoms with Gasteiger partial charge < -0.3 is 0 Å². The number of piperidine rings is 2. The highest BCUT2D eigenvalue weighted by molar-refractivity contribution is 5.80. The molecule has 0 spiro atoms. The number of carbonyl (C=O) groups excluding carboxylic acids is 1. The van der Waals surface area contributed by atoms with Crippen LogP contribution >= 0.6 is 0 Å². The zero-order chi connectivity index (χ0) is 12.5. The van der Waals surface area contributed by atoms with Gasteiger partial charge in [-0.3, -0.25) is 14.6 Å². The molecule has 2 bridgehead atoms. The molecule has 0 aromatic heterocycles. The molecule has 3 atom stereocenters. The maximum atomic E-state index is 11.6. The topological polar surface area (TPSA) is 23.6 Å². The highest BCUT2D eigenvalue weighted by Crippen LogP contribution is 2.34. The van der Waals surface area contributed by atoms with Crippen molar-refractivity contribution < 1.29 is 4.79 Å². The average Bonchev–Trinajstić information content (AvgIpc) is 2.62. The number of rotatable bonds is 3. The van der Waals surface area contributed by atoms with E-state index in [4.69, 9.17) is 0 Å². The van der Waals surface area contributed by atoms with Gasteiger partial charge in [0.05, 0.1) is 0 Å². The highest BCUT2D eigenvalue weighted by atomic mass is 16.1. The third-order valence-corrected chi connectivity index (χ3v) is 5.19. The van der Waals surface area contributed by atoms with E-state index in [1.54, 1.807) is 0 Å². The van der Waals surface area contributed by atoms with Crippen LogP contribution in [0.25, 0.3) is 0 Å². The van der Waals surface area contributed by atoms with Crippen LogP contribution in [-0.2, 0) is 4.79 Å². The van der Waals surface area contributed by atoms with Crippen LogP contribution in [0.3, 0.4) is 0 Å². The minimum atomic E-state index is 0.504. The minimum absolute atomic E-state index is 0.504. The van der Waals surface area contributed by atoms with Crippen LogP contribution in [0, 0.1) is 0 Å². The molecule has 3 aliphatic heterocycles. The van der Waals surface area contributed by atoms with Gasteiger partial charge in [0, 0.05) is 37.5 Å². The molecule has 0 aromatic rings. The molecule has 3 nitrogen and oxygen atoms in total. The zero-order valence-electron chi connectivity index (χ0n) is 11.6. The molecule has 0 aliphatic carbocycles. The Morgan fingerprint density at radius 1 is 1.11 bits per heavy atom. The number of hydrogen-bond acceptors (Lipinski definition) is 3. The molecule has 3 heterocycles. The maximum absolute atomic E-state index is 11.6. The van der Waals surface area contributed by atoms with Gasteiger partial charge in [-0.05, 0) is 45.7 Å². The van der Waals surface area contributed by atoms with Crippen LogP contribution in [0.15, 0.2) is 0 Å². The van der Waals surface area contributed by atoms with Gasteiger partial charge >= 0.3 is 0 Å². The summed E-state index contributed by atoms with van der Waals surface area (Å²) in [5, 5.41) is 0. The quantitative estimate of drug-likeness (QED) is 0.766. The monoisotopic (exact) mass is 250 g/mol. The van der Waals surface area contributed by atoms with Gasteiger partial charge in [-0.15, -0.1) is 0 Å². The van der Waals surface area contributed by atoms with Crippen molar-refractivity contribution in [3.05, 3.63) is 0 Å². The Hall–Kier alpha value is -0.410. The van der Waals surface area contributed by atoms with E-state index in [0.717, 1.165) is 12.8 Å². The molecule has 0 saturated carbocycles. The third kappa shape index (κ3) is 2.48. The standard InChI is InChI=1S/C15H26N2O/c1-12(16-7-3-2-4-8-16)11-17-13-5-6-14(17)10-15(18)9-13/h12-14H,2-11H2,1H3. The molecule has 0 N–H and O–H groups in total. The number of carbonyl (C=O) groups is 1.